The number of nitrogens with one attached hydrogen (secondary N) is 2. The van der Waals surface area contributed by atoms with Gasteiger partial charge < -0.3 is 21.5 Å². The summed E-state index contributed by atoms with van der Waals surface area (Å²) in [6, 6.07) is 3.65. The second-order valence-electron chi connectivity index (χ2n) is 7.03. The van der Waals surface area contributed by atoms with E-state index < -0.39 is 12.1 Å². The smallest absolute Gasteiger partial charge is 0.290 e. The fraction of sp³-hybridized carbons (Fsp3) is 0.250. The van der Waals surface area contributed by atoms with Crippen LogP contribution in [0.1, 0.15) is 12.0 Å². The molecule has 4 heterocycles. The molecule has 3 aromatic heterocycles. The summed E-state index contributed by atoms with van der Waals surface area (Å²) in [5.74, 6) is -0.164. The van der Waals surface area contributed by atoms with E-state index in [9.17, 15) is 9.18 Å². The number of hydrogen-bond acceptors (Lipinski definition) is 7. The summed E-state index contributed by atoms with van der Waals surface area (Å²) in [7, 11) is 0. The molecule has 5 rings (SSSR count). The summed E-state index contributed by atoms with van der Waals surface area (Å²) in [6.45, 7) is 0.619. The van der Waals surface area contributed by atoms with Crippen LogP contribution in [0.4, 0.5) is 21.7 Å². The first-order valence-electron chi connectivity index (χ1n) is 9.32. The Morgan fingerprint density at radius 2 is 2.10 bits per heavy atom. The number of rotatable bonds is 3. The van der Waals surface area contributed by atoms with E-state index in [4.69, 9.17) is 15.6 Å². The largest absolute Gasteiger partial charge is 0.483 e. The molecule has 3 aromatic rings. The minimum Gasteiger partial charge on any atom is -0.483 e. The number of nitrogen functional groups attached to an aromatic ring is 1. The summed E-state index contributed by atoms with van der Waals surface area (Å²) in [5, 5.41) is 14.4. The molecule has 10 heteroatoms. The van der Waals surface area contributed by atoms with Gasteiger partial charge in [-0.3, -0.25) is 14.6 Å². The molecule has 9 nitrogen and oxygen atoms in total. The zero-order valence-corrected chi connectivity index (χ0v) is 15.8. The number of carboxylic acid groups (broad SMARTS) is 1. The van der Waals surface area contributed by atoms with Crippen molar-refractivity contribution in [1.82, 2.24) is 15.0 Å². The van der Waals surface area contributed by atoms with Gasteiger partial charge in [0.15, 0.2) is 0 Å². The minimum atomic E-state index is -1.04. The van der Waals surface area contributed by atoms with E-state index in [0.717, 1.165) is 35.3 Å². The van der Waals surface area contributed by atoms with Gasteiger partial charge in [-0.25, -0.2) is 14.4 Å². The maximum atomic E-state index is 13.1. The molecule has 154 valence electrons. The predicted molar refractivity (Wildman–Crippen MR) is 110 cm³/mol. The molecule has 0 unspecified atom stereocenters. The van der Waals surface area contributed by atoms with Gasteiger partial charge >= 0.3 is 0 Å². The highest BCUT2D eigenvalue weighted by Crippen LogP contribution is 2.36. The maximum absolute atomic E-state index is 13.1. The summed E-state index contributed by atoms with van der Waals surface area (Å²) in [4.78, 5) is 33.3. The molecule has 2 atom stereocenters. The highest BCUT2D eigenvalue weighted by atomic mass is 19.1. The molecule has 5 N–H and O–H groups in total. The van der Waals surface area contributed by atoms with Crippen LogP contribution in [0.25, 0.3) is 22.0 Å². The van der Waals surface area contributed by atoms with E-state index in [1.54, 1.807) is 18.5 Å². The summed E-state index contributed by atoms with van der Waals surface area (Å²) >= 11 is 0. The first-order valence-corrected chi connectivity index (χ1v) is 9.32. The number of aromatic nitrogens is 3. The van der Waals surface area contributed by atoms with Crippen LogP contribution in [0, 0.1) is 5.92 Å². The lowest BCUT2D eigenvalue weighted by Gasteiger charge is -2.11. The van der Waals surface area contributed by atoms with E-state index in [1.807, 2.05) is 12.3 Å². The number of anilines is 3. The maximum Gasteiger partial charge on any atom is 0.290 e. The number of alkyl halides is 1. The van der Waals surface area contributed by atoms with Gasteiger partial charge in [-0.2, -0.15) is 0 Å². The Hall–Kier alpha value is -3.82. The first-order chi connectivity index (χ1) is 14.5. The van der Waals surface area contributed by atoms with Crippen LogP contribution in [-0.4, -0.2) is 45.2 Å². The minimum absolute atomic E-state index is 0.250. The van der Waals surface area contributed by atoms with E-state index in [2.05, 4.69) is 25.6 Å². The average molecular weight is 410 g/mol. The molecule has 1 fully saturated rings. The molecule has 1 saturated carbocycles. The second kappa shape index (κ2) is 7.90. The van der Waals surface area contributed by atoms with Crippen molar-refractivity contribution in [3.05, 3.63) is 36.3 Å². The van der Waals surface area contributed by atoms with Gasteiger partial charge in [0.25, 0.3) is 6.47 Å². The summed E-state index contributed by atoms with van der Waals surface area (Å²) in [6.07, 6.45) is 5.31. The Morgan fingerprint density at radius 1 is 1.33 bits per heavy atom. The van der Waals surface area contributed by atoms with Crippen molar-refractivity contribution >= 4 is 40.5 Å². The highest BCUT2D eigenvalue weighted by molar-refractivity contribution is 5.98. The van der Waals surface area contributed by atoms with Crippen molar-refractivity contribution in [2.24, 2.45) is 5.92 Å². The van der Waals surface area contributed by atoms with Crippen LogP contribution in [0.3, 0.4) is 0 Å². The number of carbonyl (C=O) groups is 2. The van der Waals surface area contributed by atoms with Crippen molar-refractivity contribution in [2.75, 3.05) is 22.9 Å². The Morgan fingerprint density at radius 3 is 2.83 bits per heavy atom. The van der Waals surface area contributed by atoms with Crippen molar-refractivity contribution in [1.29, 1.82) is 0 Å². The molecule has 1 aliphatic heterocycles. The Bertz CT molecular complexity index is 1140. The number of carbonyl (C=O) groups excluding carboxylic acids is 1. The summed E-state index contributed by atoms with van der Waals surface area (Å²) in [5.41, 5.74) is 9.99. The molecule has 30 heavy (non-hydrogen) atoms. The molecule has 0 spiro atoms. The number of amides is 1. The van der Waals surface area contributed by atoms with Gasteiger partial charge in [-0.15, -0.1) is 0 Å². The van der Waals surface area contributed by atoms with Gasteiger partial charge in [0.05, 0.1) is 23.5 Å². The number of hydrogen-bond donors (Lipinski definition) is 4. The lowest BCUT2D eigenvalue weighted by Crippen LogP contribution is -2.15. The van der Waals surface area contributed by atoms with Crippen LogP contribution in [-0.2, 0) is 16.0 Å². The SMILES string of the molecule is Nc1nc(-c2cncc3c2CCN3)cc2cc(NC(=O)[C@@H]3C[C@@H]3F)ncc12.O=CO. The van der Waals surface area contributed by atoms with Gasteiger partial charge in [0.2, 0.25) is 5.91 Å². The number of nitrogens with two attached hydrogens (primary N) is 1. The standard InChI is InChI=1S/C19H17FN6O.CH2O2/c20-14-5-11(14)19(27)26-17-4-9-3-15(25-18(21)12(9)7-24-17)13-6-22-8-16-10(13)1-2-23-16;2-1-3/h3-4,6-8,11,14,23H,1-2,5H2,(H2,21,25)(H,24,26,27);1H,(H,2,3)/t11-,14+;/m1./s1. The van der Waals surface area contributed by atoms with Gasteiger partial charge in [0, 0.05) is 29.9 Å². The normalized spacial score (nSPS) is 18.6. The molecular weight excluding hydrogens is 391 g/mol. The van der Waals surface area contributed by atoms with Gasteiger partial charge in [0.1, 0.15) is 17.8 Å². The summed E-state index contributed by atoms with van der Waals surface area (Å²) < 4.78 is 13.1. The van der Waals surface area contributed by atoms with Crippen LogP contribution in [0.15, 0.2) is 30.7 Å². The van der Waals surface area contributed by atoms with Crippen molar-refractivity contribution in [3.8, 4) is 11.3 Å². The molecule has 1 aliphatic carbocycles. The van der Waals surface area contributed by atoms with E-state index >= 15 is 0 Å². The Kier molecular flexibility index (Phi) is 5.13. The molecule has 1 amide bonds. The fourth-order valence-electron chi connectivity index (χ4n) is 3.49. The number of nitrogens with zero attached hydrogens (tertiary/aromatic N) is 3. The molecule has 0 radical (unpaired) electrons. The zero-order chi connectivity index (χ0) is 21.3. The quantitative estimate of drug-likeness (QED) is 0.481. The van der Waals surface area contributed by atoms with E-state index in [1.165, 1.54) is 5.56 Å². The molecular formula is C20H19FN6O3. The third-order valence-electron chi connectivity index (χ3n) is 5.07. The molecule has 0 aromatic carbocycles. The van der Waals surface area contributed by atoms with Gasteiger partial charge in [-0.1, -0.05) is 0 Å². The van der Waals surface area contributed by atoms with Crippen molar-refractivity contribution < 1.29 is 19.1 Å². The van der Waals surface area contributed by atoms with Gasteiger partial charge in [-0.05, 0) is 35.9 Å². The number of pyridine rings is 3. The lowest BCUT2D eigenvalue weighted by atomic mass is 10.0. The van der Waals surface area contributed by atoms with E-state index in [-0.39, 0.29) is 18.8 Å². The second-order valence-corrected chi connectivity index (χ2v) is 7.03. The van der Waals surface area contributed by atoms with Crippen molar-refractivity contribution in [3.63, 3.8) is 0 Å². The monoisotopic (exact) mass is 410 g/mol. The van der Waals surface area contributed by atoms with Crippen LogP contribution < -0.4 is 16.4 Å². The third kappa shape index (κ3) is 3.71. The van der Waals surface area contributed by atoms with Crippen LogP contribution in [0.2, 0.25) is 0 Å². The molecule has 0 saturated heterocycles. The molecule has 0 bridgehead atoms. The zero-order valence-electron chi connectivity index (χ0n) is 15.8. The number of fused-ring (bicyclic) bond motifs is 2. The van der Waals surface area contributed by atoms with Crippen molar-refractivity contribution in [2.45, 2.75) is 19.0 Å². The lowest BCUT2D eigenvalue weighted by molar-refractivity contribution is -0.123. The average Bonchev–Trinajstić information content (AvgIpc) is 3.26. The molecule has 2 aliphatic rings. The van der Waals surface area contributed by atoms with E-state index in [0.29, 0.717) is 17.0 Å². The Balaban J connectivity index is 0.000000687. The highest BCUT2D eigenvalue weighted by Gasteiger charge is 2.43. The predicted octanol–water partition coefficient (Wildman–Crippen LogP) is 2.24. The first kappa shape index (κ1) is 19.5. The van der Waals surface area contributed by atoms with Crippen LogP contribution >= 0.6 is 0 Å². The Labute approximate surface area is 170 Å². The third-order valence-corrected chi connectivity index (χ3v) is 5.07. The van der Waals surface area contributed by atoms with Crippen LogP contribution in [0.5, 0.6) is 0 Å². The fourth-order valence-corrected chi connectivity index (χ4v) is 3.49. The topological polar surface area (TPSA) is 143 Å². The number of halogens is 1.